The number of para-hydroxylation sites is 1. The van der Waals surface area contributed by atoms with Crippen LogP contribution < -0.4 is 4.74 Å². The number of aromatic nitrogens is 2. The number of nitrogens with zero attached hydrogens (tertiary/aromatic N) is 4. The molecule has 2 aromatic carbocycles. The summed E-state index contributed by atoms with van der Waals surface area (Å²) in [7, 11) is 1.49. The Hall–Kier alpha value is -4.48. The van der Waals surface area contributed by atoms with Crippen molar-refractivity contribution in [1.82, 2.24) is 14.7 Å². The standard InChI is InChI=1S/C29H28N4O4/c1-5-37-26-12-11-21(15-19(26)2)27-22(18-33(31-27)23-9-7-6-8-10-23)16-24-20(3)25(17-30)29(35)32(28(24)34)13-14-36-4/h6-12,15-16,18H,5,13-14H2,1-4H3/b24-16+. The van der Waals surface area contributed by atoms with Crippen LogP contribution in [-0.4, -0.2) is 53.4 Å². The van der Waals surface area contributed by atoms with Crippen LogP contribution in [0.5, 0.6) is 5.75 Å². The Morgan fingerprint density at radius 2 is 1.84 bits per heavy atom. The van der Waals surface area contributed by atoms with Crippen LogP contribution in [0.2, 0.25) is 0 Å². The van der Waals surface area contributed by atoms with E-state index >= 15 is 0 Å². The second-order valence-corrected chi connectivity index (χ2v) is 8.55. The SMILES string of the molecule is CCOc1ccc(-c2nn(-c3ccccc3)cc2/C=C2/C(=O)N(CCOC)C(=O)C(C#N)=C2C)cc1C. The summed E-state index contributed by atoms with van der Waals surface area (Å²) in [5, 5.41) is 14.5. The van der Waals surface area contributed by atoms with Crippen LogP contribution in [-0.2, 0) is 14.3 Å². The van der Waals surface area contributed by atoms with Crippen molar-refractivity contribution in [3.63, 3.8) is 0 Å². The van der Waals surface area contributed by atoms with E-state index in [1.54, 1.807) is 17.7 Å². The van der Waals surface area contributed by atoms with Gasteiger partial charge in [-0.1, -0.05) is 18.2 Å². The van der Waals surface area contributed by atoms with Crippen LogP contribution in [0, 0.1) is 18.3 Å². The van der Waals surface area contributed by atoms with E-state index in [-0.39, 0.29) is 24.3 Å². The lowest BCUT2D eigenvalue weighted by Crippen LogP contribution is -2.44. The predicted octanol–water partition coefficient (Wildman–Crippen LogP) is 4.49. The van der Waals surface area contributed by atoms with E-state index < -0.39 is 11.8 Å². The van der Waals surface area contributed by atoms with Gasteiger partial charge < -0.3 is 9.47 Å². The topological polar surface area (TPSA) is 97.4 Å². The number of methoxy groups -OCH3 is 1. The molecule has 0 fully saturated rings. The number of hydrogen-bond acceptors (Lipinski definition) is 6. The smallest absolute Gasteiger partial charge is 0.271 e. The molecule has 37 heavy (non-hydrogen) atoms. The van der Waals surface area contributed by atoms with Crippen LogP contribution in [0.25, 0.3) is 23.0 Å². The highest BCUT2D eigenvalue weighted by atomic mass is 16.5. The van der Waals surface area contributed by atoms with Gasteiger partial charge in [-0.05, 0) is 68.3 Å². The number of imide groups is 1. The van der Waals surface area contributed by atoms with Crippen molar-refractivity contribution in [1.29, 1.82) is 5.26 Å². The van der Waals surface area contributed by atoms with Gasteiger partial charge in [0.15, 0.2) is 0 Å². The predicted molar refractivity (Wildman–Crippen MR) is 140 cm³/mol. The molecule has 0 unspecified atom stereocenters. The van der Waals surface area contributed by atoms with Gasteiger partial charge in [-0.25, -0.2) is 4.68 Å². The molecule has 4 rings (SSSR count). The number of hydrogen-bond donors (Lipinski definition) is 0. The zero-order valence-electron chi connectivity index (χ0n) is 21.3. The molecule has 2 heterocycles. The summed E-state index contributed by atoms with van der Waals surface area (Å²) in [5.74, 6) is -0.290. The van der Waals surface area contributed by atoms with Crippen LogP contribution in [0.3, 0.4) is 0 Å². The molecule has 0 saturated carbocycles. The Morgan fingerprint density at radius 3 is 2.49 bits per heavy atom. The van der Waals surface area contributed by atoms with Crippen molar-refractivity contribution in [2.24, 2.45) is 0 Å². The molecular weight excluding hydrogens is 468 g/mol. The van der Waals surface area contributed by atoms with Crippen LogP contribution >= 0.6 is 0 Å². The van der Waals surface area contributed by atoms with Crippen molar-refractivity contribution in [2.75, 3.05) is 26.9 Å². The lowest BCUT2D eigenvalue weighted by atomic mass is 9.93. The van der Waals surface area contributed by atoms with E-state index in [2.05, 4.69) is 0 Å². The number of amides is 2. The number of carbonyl (C=O) groups excluding carboxylic acids is 2. The van der Waals surface area contributed by atoms with Gasteiger partial charge >= 0.3 is 0 Å². The summed E-state index contributed by atoms with van der Waals surface area (Å²) in [6, 6.07) is 17.4. The first-order valence-corrected chi connectivity index (χ1v) is 12.0. The number of carbonyl (C=O) groups is 2. The summed E-state index contributed by atoms with van der Waals surface area (Å²) in [5.41, 5.74) is 4.54. The normalized spacial score (nSPS) is 14.9. The highest BCUT2D eigenvalue weighted by molar-refractivity contribution is 6.19. The summed E-state index contributed by atoms with van der Waals surface area (Å²) >= 11 is 0. The molecule has 0 radical (unpaired) electrons. The maximum Gasteiger partial charge on any atom is 0.271 e. The van der Waals surface area contributed by atoms with Crippen molar-refractivity contribution in [2.45, 2.75) is 20.8 Å². The number of nitriles is 1. The molecule has 8 heteroatoms. The Morgan fingerprint density at radius 1 is 1.08 bits per heavy atom. The third-order valence-electron chi connectivity index (χ3n) is 6.16. The van der Waals surface area contributed by atoms with E-state index in [0.29, 0.717) is 23.4 Å². The minimum atomic E-state index is -0.610. The molecule has 1 aromatic heterocycles. The monoisotopic (exact) mass is 496 g/mol. The first-order valence-electron chi connectivity index (χ1n) is 12.0. The van der Waals surface area contributed by atoms with Crippen LogP contribution in [0.15, 0.2) is 71.4 Å². The molecule has 1 aliphatic heterocycles. The molecule has 0 saturated heterocycles. The van der Waals surface area contributed by atoms with Gasteiger partial charge in [-0.2, -0.15) is 10.4 Å². The number of benzene rings is 2. The minimum Gasteiger partial charge on any atom is -0.494 e. The Balaban J connectivity index is 1.89. The molecule has 0 aliphatic carbocycles. The fourth-order valence-electron chi connectivity index (χ4n) is 4.22. The van der Waals surface area contributed by atoms with E-state index in [4.69, 9.17) is 14.6 Å². The largest absolute Gasteiger partial charge is 0.494 e. The van der Waals surface area contributed by atoms with E-state index in [0.717, 1.165) is 27.5 Å². The molecule has 188 valence electrons. The summed E-state index contributed by atoms with van der Waals surface area (Å²) < 4.78 is 12.5. The summed E-state index contributed by atoms with van der Waals surface area (Å²) in [6.45, 7) is 6.32. The van der Waals surface area contributed by atoms with Gasteiger partial charge in [0.05, 0.1) is 31.1 Å². The Bertz CT molecular complexity index is 1440. The maximum absolute atomic E-state index is 13.4. The average molecular weight is 497 g/mol. The van der Waals surface area contributed by atoms with E-state index in [9.17, 15) is 14.9 Å². The highest BCUT2D eigenvalue weighted by Gasteiger charge is 2.35. The van der Waals surface area contributed by atoms with E-state index in [1.165, 1.54) is 7.11 Å². The second kappa shape index (κ2) is 11.1. The molecular formula is C29H28N4O4. The van der Waals surface area contributed by atoms with Crippen LogP contribution in [0.1, 0.15) is 25.0 Å². The fourth-order valence-corrected chi connectivity index (χ4v) is 4.22. The first-order chi connectivity index (χ1) is 17.9. The minimum absolute atomic E-state index is 0.0538. The zero-order chi connectivity index (χ0) is 26.5. The van der Waals surface area contributed by atoms with Gasteiger partial charge in [0, 0.05) is 30.0 Å². The second-order valence-electron chi connectivity index (χ2n) is 8.55. The Kier molecular flexibility index (Phi) is 7.66. The molecule has 2 amide bonds. The van der Waals surface area contributed by atoms with Crippen molar-refractivity contribution >= 4 is 17.9 Å². The van der Waals surface area contributed by atoms with Gasteiger partial charge in [0.25, 0.3) is 11.8 Å². The van der Waals surface area contributed by atoms with Crippen molar-refractivity contribution in [3.8, 4) is 28.8 Å². The Labute approximate surface area is 216 Å². The lowest BCUT2D eigenvalue weighted by Gasteiger charge is -2.27. The maximum atomic E-state index is 13.4. The van der Waals surface area contributed by atoms with Crippen molar-refractivity contribution in [3.05, 3.63) is 82.6 Å². The number of aryl methyl sites for hydroxylation is 1. The number of rotatable bonds is 8. The van der Waals surface area contributed by atoms with Gasteiger partial charge in [-0.3, -0.25) is 14.5 Å². The zero-order valence-corrected chi connectivity index (χ0v) is 21.3. The molecule has 1 aliphatic rings. The quantitative estimate of drug-likeness (QED) is 0.337. The fraction of sp³-hybridized carbons (Fsp3) is 0.241. The first kappa shape index (κ1) is 25.6. The molecule has 3 aromatic rings. The average Bonchev–Trinajstić information content (AvgIpc) is 3.32. The third-order valence-corrected chi connectivity index (χ3v) is 6.16. The molecule has 0 bridgehead atoms. The highest BCUT2D eigenvalue weighted by Crippen LogP contribution is 2.32. The van der Waals surface area contributed by atoms with Gasteiger partial charge in [0.1, 0.15) is 17.4 Å². The summed E-state index contributed by atoms with van der Waals surface area (Å²) in [6.07, 6.45) is 3.54. The molecule has 8 nitrogen and oxygen atoms in total. The third kappa shape index (κ3) is 5.08. The van der Waals surface area contributed by atoms with Crippen LogP contribution in [0.4, 0.5) is 0 Å². The summed E-state index contributed by atoms with van der Waals surface area (Å²) in [4.78, 5) is 27.3. The van der Waals surface area contributed by atoms with Crippen molar-refractivity contribution < 1.29 is 19.1 Å². The van der Waals surface area contributed by atoms with E-state index in [1.807, 2.05) is 74.6 Å². The molecule has 0 spiro atoms. The number of ether oxygens (including phenoxy) is 2. The van der Waals surface area contributed by atoms with Gasteiger partial charge in [0.2, 0.25) is 0 Å². The lowest BCUT2D eigenvalue weighted by molar-refractivity contribution is -0.141. The molecule has 0 atom stereocenters. The molecule has 0 N–H and O–H groups in total. The van der Waals surface area contributed by atoms with Gasteiger partial charge in [-0.15, -0.1) is 0 Å².